The predicted molar refractivity (Wildman–Crippen MR) is 68.5 cm³/mol. The van der Waals surface area contributed by atoms with Gasteiger partial charge in [0.2, 0.25) is 0 Å². The van der Waals surface area contributed by atoms with E-state index in [1.165, 1.54) is 6.33 Å². The van der Waals surface area contributed by atoms with E-state index in [-0.39, 0.29) is 11.9 Å². The molecule has 2 aromatic rings. The Balaban J connectivity index is 2.17. The third-order valence-corrected chi connectivity index (χ3v) is 2.80. The third-order valence-electron chi connectivity index (χ3n) is 2.80. The smallest absolute Gasteiger partial charge is 0.255 e. The van der Waals surface area contributed by atoms with Crippen molar-refractivity contribution in [2.45, 2.75) is 33.7 Å². The number of aromatic amines is 1. The number of rotatable bonds is 3. The van der Waals surface area contributed by atoms with Crippen molar-refractivity contribution in [1.82, 2.24) is 30.5 Å². The van der Waals surface area contributed by atoms with Crippen molar-refractivity contribution in [2.75, 3.05) is 0 Å². The molecule has 2 aromatic heterocycles. The molecule has 0 fully saturated rings. The zero-order valence-electron chi connectivity index (χ0n) is 11.4. The van der Waals surface area contributed by atoms with Crippen molar-refractivity contribution >= 4 is 5.91 Å². The summed E-state index contributed by atoms with van der Waals surface area (Å²) in [7, 11) is 0. The number of aryl methyl sites for hydroxylation is 3. The summed E-state index contributed by atoms with van der Waals surface area (Å²) in [6, 6.07) is -0.281. The zero-order chi connectivity index (χ0) is 14.0. The molecule has 0 saturated carbocycles. The monoisotopic (exact) mass is 260 g/mol. The van der Waals surface area contributed by atoms with Crippen LogP contribution in [0.5, 0.6) is 0 Å². The minimum atomic E-state index is -0.281. The molecule has 1 atom stereocenters. The fourth-order valence-corrected chi connectivity index (χ4v) is 1.81. The molecule has 0 aliphatic heterocycles. The molecule has 2 rings (SSSR count). The van der Waals surface area contributed by atoms with Crippen LogP contribution in [-0.4, -0.2) is 31.1 Å². The fraction of sp³-hybridized carbons (Fsp3) is 0.417. The second-order valence-corrected chi connectivity index (χ2v) is 4.39. The average molecular weight is 260 g/mol. The Morgan fingerprint density at radius 2 is 1.89 bits per heavy atom. The number of carbonyl (C=O) groups is 1. The van der Waals surface area contributed by atoms with Gasteiger partial charge in [-0.05, 0) is 27.7 Å². The molecular weight excluding hydrogens is 244 g/mol. The first-order valence-electron chi connectivity index (χ1n) is 5.97. The largest absolute Gasteiger partial charge is 0.342 e. The van der Waals surface area contributed by atoms with Crippen LogP contribution in [0.15, 0.2) is 6.33 Å². The Morgan fingerprint density at radius 3 is 2.42 bits per heavy atom. The third kappa shape index (κ3) is 2.75. The fourth-order valence-electron chi connectivity index (χ4n) is 1.81. The summed E-state index contributed by atoms with van der Waals surface area (Å²) in [5.74, 6) is 1.05. The standard InChI is InChI=1S/C12H16N6O/c1-6-10(7(2)14-5-13-6)12(19)15-8(3)11-16-9(4)17-18-11/h5,8H,1-4H3,(H,15,19)(H,16,17,18). The van der Waals surface area contributed by atoms with Gasteiger partial charge in [0.25, 0.3) is 5.91 Å². The molecule has 0 spiro atoms. The van der Waals surface area contributed by atoms with Crippen LogP contribution >= 0.6 is 0 Å². The Morgan fingerprint density at radius 1 is 1.26 bits per heavy atom. The molecule has 0 radical (unpaired) electrons. The Bertz CT molecular complexity index is 586. The van der Waals surface area contributed by atoms with Gasteiger partial charge in [0.15, 0.2) is 5.82 Å². The molecule has 0 bridgehead atoms. The van der Waals surface area contributed by atoms with Crippen LogP contribution in [0.1, 0.15) is 46.4 Å². The quantitative estimate of drug-likeness (QED) is 0.858. The molecule has 7 heteroatoms. The van der Waals surface area contributed by atoms with E-state index in [9.17, 15) is 4.79 Å². The van der Waals surface area contributed by atoms with E-state index in [2.05, 4.69) is 30.5 Å². The second-order valence-electron chi connectivity index (χ2n) is 4.39. The number of nitrogens with one attached hydrogen (secondary N) is 2. The summed E-state index contributed by atoms with van der Waals surface area (Å²) in [6.45, 7) is 7.20. The molecule has 0 aromatic carbocycles. The van der Waals surface area contributed by atoms with Crippen molar-refractivity contribution in [3.63, 3.8) is 0 Å². The molecule has 0 saturated heterocycles. The van der Waals surface area contributed by atoms with Crippen molar-refractivity contribution in [3.8, 4) is 0 Å². The van der Waals surface area contributed by atoms with Gasteiger partial charge in [0.1, 0.15) is 12.2 Å². The summed E-state index contributed by atoms with van der Waals surface area (Å²) in [5.41, 5.74) is 1.81. The summed E-state index contributed by atoms with van der Waals surface area (Å²) in [4.78, 5) is 24.5. The highest BCUT2D eigenvalue weighted by Gasteiger charge is 2.18. The molecule has 19 heavy (non-hydrogen) atoms. The van der Waals surface area contributed by atoms with E-state index >= 15 is 0 Å². The number of amides is 1. The normalized spacial score (nSPS) is 12.2. The van der Waals surface area contributed by atoms with E-state index in [0.29, 0.717) is 28.6 Å². The van der Waals surface area contributed by atoms with Gasteiger partial charge in [0, 0.05) is 0 Å². The summed E-state index contributed by atoms with van der Waals surface area (Å²) in [5, 5.41) is 9.62. The molecule has 1 unspecified atom stereocenters. The maximum Gasteiger partial charge on any atom is 0.255 e. The summed E-state index contributed by atoms with van der Waals surface area (Å²) in [6.07, 6.45) is 1.45. The first kappa shape index (κ1) is 13.1. The SMILES string of the molecule is Cc1nc(C(C)NC(=O)c2c(C)ncnc2C)n[nH]1. The Labute approximate surface area is 110 Å². The number of nitrogens with zero attached hydrogens (tertiary/aromatic N) is 4. The van der Waals surface area contributed by atoms with Crippen LogP contribution in [0.3, 0.4) is 0 Å². The van der Waals surface area contributed by atoms with Crippen molar-refractivity contribution < 1.29 is 4.79 Å². The Kier molecular flexibility index (Phi) is 3.55. The van der Waals surface area contributed by atoms with E-state index in [0.717, 1.165) is 0 Å². The maximum atomic E-state index is 12.2. The predicted octanol–water partition coefficient (Wildman–Crippen LogP) is 1.01. The van der Waals surface area contributed by atoms with Gasteiger partial charge in [-0.1, -0.05) is 0 Å². The van der Waals surface area contributed by atoms with E-state index in [1.54, 1.807) is 13.8 Å². The van der Waals surface area contributed by atoms with Gasteiger partial charge in [-0.3, -0.25) is 9.89 Å². The van der Waals surface area contributed by atoms with Gasteiger partial charge in [-0.15, -0.1) is 0 Å². The molecule has 2 heterocycles. The van der Waals surface area contributed by atoms with Crippen LogP contribution in [0.25, 0.3) is 0 Å². The van der Waals surface area contributed by atoms with Crippen LogP contribution in [0.2, 0.25) is 0 Å². The van der Waals surface area contributed by atoms with Crippen LogP contribution < -0.4 is 5.32 Å². The molecule has 2 N–H and O–H groups in total. The lowest BCUT2D eigenvalue weighted by Gasteiger charge is -2.12. The van der Waals surface area contributed by atoms with Gasteiger partial charge >= 0.3 is 0 Å². The number of aromatic nitrogens is 5. The van der Waals surface area contributed by atoms with Crippen LogP contribution in [-0.2, 0) is 0 Å². The molecular formula is C12H16N6O. The van der Waals surface area contributed by atoms with Crippen molar-refractivity contribution in [2.24, 2.45) is 0 Å². The van der Waals surface area contributed by atoms with E-state index in [4.69, 9.17) is 0 Å². The number of carbonyl (C=O) groups excluding carboxylic acids is 1. The average Bonchev–Trinajstić information content (AvgIpc) is 2.75. The lowest BCUT2D eigenvalue weighted by molar-refractivity contribution is 0.0936. The lowest BCUT2D eigenvalue weighted by Crippen LogP contribution is -2.29. The highest BCUT2D eigenvalue weighted by molar-refractivity contribution is 5.96. The van der Waals surface area contributed by atoms with Gasteiger partial charge < -0.3 is 5.32 Å². The van der Waals surface area contributed by atoms with E-state index in [1.807, 2.05) is 13.8 Å². The van der Waals surface area contributed by atoms with Gasteiger partial charge in [0.05, 0.1) is 23.0 Å². The summed E-state index contributed by atoms with van der Waals surface area (Å²) < 4.78 is 0. The molecule has 100 valence electrons. The number of H-pyrrole nitrogens is 1. The van der Waals surface area contributed by atoms with Crippen molar-refractivity contribution in [1.29, 1.82) is 0 Å². The highest BCUT2D eigenvalue weighted by atomic mass is 16.1. The first-order chi connectivity index (χ1) is 8.99. The van der Waals surface area contributed by atoms with Crippen molar-refractivity contribution in [3.05, 3.63) is 34.9 Å². The lowest BCUT2D eigenvalue weighted by atomic mass is 10.1. The molecule has 1 amide bonds. The number of hydrogen-bond donors (Lipinski definition) is 2. The highest BCUT2D eigenvalue weighted by Crippen LogP contribution is 2.11. The first-order valence-corrected chi connectivity index (χ1v) is 5.97. The maximum absolute atomic E-state index is 12.2. The molecule has 0 aliphatic carbocycles. The van der Waals surface area contributed by atoms with Gasteiger partial charge in [-0.2, -0.15) is 5.10 Å². The van der Waals surface area contributed by atoms with Crippen LogP contribution in [0, 0.1) is 20.8 Å². The second kappa shape index (κ2) is 5.13. The minimum absolute atomic E-state index is 0.217. The Hall–Kier alpha value is -2.31. The summed E-state index contributed by atoms with van der Waals surface area (Å²) >= 11 is 0. The van der Waals surface area contributed by atoms with Gasteiger partial charge in [-0.25, -0.2) is 15.0 Å². The van der Waals surface area contributed by atoms with E-state index < -0.39 is 0 Å². The molecule has 0 aliphatic rings. The topological polar surface area (TPSA) is 96.5 Å². The number of hydrogen-bond acceptors (Lipinski definition) is 5. The molecule has 7 nitrogen and oxygen atoms in total. The van der Waals surface area contributed by atoms with Crippen LogP contribution in [0.4, 0.5) is 0 Å². The zero-order valence-corrected chi connectivity index (χ0v) is 11.4. The minimum Gasteiger partial charge on any atom is -0.342 e.